The van der Waals surface area contributed by atoms with Gasteiger partial charge >= 0.3 is 6.36 Å². The van der Waals surface area contributed by atoms with E-state index < -0.39 is 12.3 Å². The van der Waals surface area contributed by atoms with E-state index in [0.717, 1.165) is 16.5 Å². The lowest BCUT2D eigenvalue weighted by Gasteiger charge is -2.10. The summed E-state index contributed by atoms with van der Waals surface area (Å²) in [6.45, 7) is 4.14. The number of hydrogen-bond donors (Lipinski definition) is 1. The molecule has 0 saturated carbocycles. The van der Waals surface area contributed by atoms with Gasteiger partial charge in [-0.05, 0) is 41.5 Å². The number of carbonyl (C=O) groups excluding carboxylic acids is 1. The van der Waals surface area contributed by atoms with E-state index in [1.165, 1.54) is 12.1 Å². The quantitative estimate of drug-likeness (QED) is 0.697. The third kappa shape index (κ3) is 3.88. The van der Waals surface area contributed by atoms with Crippen molar-refractivity contribution in [2.45, 2.75) is 12.9 Å². The molecule has 1 amide bonds. The third-order valence-corrected chi connectivity index (χ3v) is 3.93. The van der Waals surface area contributed by atoms with Gasteiger partial charge in [-0.1, -0.05) is 24.8 Å². The van der Waals surface area contributed by atoms with Crippen molar-refractivity contribution >= 4 is 22.4 Å². The summed E-state index contributed by atoms with van der Waals surface area (Å²) in [6, 6.07) is 13.0. The van der Waals surface area contributed by atoms with E-state index in [1.807, 2.05) is 29.0 Å². The first-order valence-electron chi connectivity index (χ1n) is 7.65. The molecule has 1 heterocycles. The second-order valence-corrected chi connectivity index (χ2v) is 5.75. The standard InChI is InChI=1S/C19H15F3N2O2/c1-12(18(23)25)14-4-7-17-15(10-14)8-9-24(17)11-13-2-5-16(6-3-13)26-19(20,21)22/h2-10H,1,11H2,(H2,23,25). The average Bonchev–Trinajstić information content (AvgIpc) is 2.96. The molecular weight excluding hydrogens is 345 g/mol. The van der Waals surface area contributed by atoms with E-state index in [9.17, 15) is 18.0 Å². The molecule has 0 aliphatic rings. The Hall–Kier alpha value is -3.22. The monoisotopic (exact) mass is 360 g/mol. The Bertz CT molecular complexity index is 973. The number of alkyl halides is 3. The van der Waals surface area contributed by atoms with E-state index in [2.05, 4.69) is 11.3 Å². The summed E-state index contributed by atoms with van der Waals surface area (Å²) in [7, 11) is 0. The fourth-order valence-corrected chi connectivity index (χ4v) is 2.66. The van der Waals surface area contributed by atoms with E-state index >= 15 is 0 Å². The maximum absolute atomic E-state index is 12.2. The van der Waals surface area contributed by atoms with Gasteiger partial charge in [-0.25, -0.2) is 0 Å². The van der Waals surface area contributed by atoms with Crippen molar-refractivity contribution in [2.75, 3.05) is 0 Å². The van der Waals surface area contributed by atoms with Gasteiger partial charge < -0.3 is 15.0 Å². The molecule has 26 heavy (non-hydrogen) atoms. The van der Waals surface area contributed by atoms with Gasteiger partial charge in [0.2, 0.25) is 5.91 Å². The zero-order valence-corrected chi connectivity index (χ0v) is 13.6. The van der Waals surface area contributed by atoms with Crippen LogP contribution in [0, 0.1) is 0 Å². The van der Waals surface area contributed by atoms with Crippen molar-refractivity contribution < 1.29 is 22.7 Å². The van der Waals surface area contributed by atoms with E-state index in [1.54, 1.807) is 18.2 Å². The van der Waals surface area contributed by atoms with E-state index in [-0.39, 0.29) is 11.3 Å². The van der Waals surface area contributed by atoms with Crippen molar-refractivity contribution in [3.8, 4) is 5.75 Å². The molecule has 2 N–H and O–H groups in total. The molecule has 2 aromatic carbocycles. The van der Waals surface area contributed by atoms with Gasteiger partial charge in [0.25, 0.3) is 0 Å². The number of benzene rings is 2. The van der Waals surface area contributed by atoms with Crippen LogP contribution < -0.4 is 10.5 Å². The minimum Gasteiger partial charge on any atom is -0.406 e. The summed E-state index contributed by atoms with van der Waals surface area (Å²) in [4.78, 5) is 11.2. The van der Waals surface area contributed by atoms with Crippen LogP contribution in [0.4, 0.5) is 13.2 Å². The number of primary amides is 1. The van der Waals surface area contributed by atoms with Crippen molar-refractivity contribution in [1.82, 2.24) is 4.57 Å². The average molecular weight is 360 g/mol. The normalized spacial score (nSPS) is 11.5. The Kier molecular flexibility index (Phi) is 4.46. The van der Waals surface area contributed by atoms with Crippen LogP contribution in [-0.2, 0) is 11.3 Å². The summed E-state index contributed by atoms with van der Waals surface area (Å²) >= 11 is 0. The van der Waals surface area contributed by atoms with Crippen LogP contribution in [0.15, 0.2) is 61.3 Å². The number of aromatic nitrogens is 1. The first-order chi connectivity index (χ1) is 12.2. The maximum atomic E-state index is 12.2. The van der Waals surface area contributed by atoms with Crippen molar-refractivity contribution in [2.24, 2.45) is 5.73 Å². The lowest BCUT2D eigenvalue weighted by Crippen LogP contribution is -2.17. The van der Waals surface area contributed by atoms with Crippen LogP contribution in [0.1, 0.15) is 11.1 Å². The molecule has 0 saturated heterocycles. The number of amides is 1. The first kappa shape index (κ1) is 17.6. The predicted octanol–water partition coefficient (Wildman–Crippen LogP) is 4.09. The number of carbonyl (C=O) groups is 1. The molecule has 1 aromatic heterocycles. The van der Waals surface area contributed by atoms with Gasteiger partial charge in [0, 0.05) is 29.2 Å². The highest BCUT2D eigenvalue weighted by Crippen LogP contribution is 2.25. The fraction of sp³-hybridized carbons (Fsp3) is 0.105. The number of ether oxygens (including phenoxy) is 1. The number of nitrogens with two attached hydrogens (primary N) is 1. The maximum Gasteiger partial charge on any atom is 0.573 e. The molecular formula is C19H15F3N2O2. The van der Waals surface area contributed by atoms with Crippen LogP contribution in [0.3, 0.4) is 0 Å². The fourth-order valence-electron chi connectivity index (χ4n) is 2.66. The van der Waals surface area contributed by atoms with Crippen LogP contribution >= 0.6 is 0 Å². The SMILES string of the molecule is C=C(C(N)=O)c1ccc2c(ccn2Cc2ccc(OC(F)(F)F)cc2)c1. The molecule has 0 unspecified atom stereocenters. The molecule has 0 radical (unpaired) electrons. The number of nitrogens with zero attached hydrogens (tertiary/aromatic N) is 1. The molecule has 0 bridgehead atoms. The van der Waals surface area contributed by atoms with Crippen LogP contribution in [0.2, 0.25) is 0 Å². The summed E-state index contributed by atoms with van der Waals surface area (Å²) in [5.41, 5.74) is 7.87. The van der Waals surface area contributed by atoms with E-state index in [4.69, 9.17) is 5.73 Å². The molecule has 0 aliphatic heterocycles. The van der Waals surface area contributed by atoms with Gasteiger partial charge in [-0.3, -0.25) is 4.79 Å². The van der Waals surface area contributed by atoms with Crippen LogP contribution in [0.5, 0.6) is 5.75 Å². The van der Waals surface area contributed by atoms with Gasteiger partial charge in [0.15, 0.2) is 0 Å². The largest absolute Gasteiger partial charge is 0.573 e. The van der Waals surface area contributed by atoms with Gasteiger partial charge in [-0.15, -0.1) is 13.2 Å². The minimum atomic E-state index is -4.70. The Morgan fingerprint density at radius 2 is 1.81 bits per heavy atom. The second kappa shape index (κ2) is 6.59. The minimum absolute atomic E-state index is 0.236. The molecule has 4 nitrogen and oxygen atoms in total. The van der Waals surface area contributed by atoms with Crippen LogP contribution in [-0.4, -0.2) is 16.8 Å². The molecule has 0 atom stereocenters. The number of hydrogen-bond acceptors (Lipinski definition) is 2. The van der Waals surface area contributed by atoms with Crippen molar-refractivity contribution in [3.05, 3.63) is 72.4 Å². The molecule has 0 spiro atoms. The summed E-state index contributed by atoms with van der Waals surface area (Å²) < 4.78 is 42.4. The highest BCUT2D eigenvalue weighted by atomic mass is 19.4. The Balaban J connectivity index is 1.81. The molecule has 0 fully saturated rings. The summed E-state index contributed by atoms with van der Waals surface area (Å²) in [6.07, 6.45) is -2.84. The Morgan fingerprint density at radius 3 is 2.42 bits per heavy atom. The smallest absolute Gasteiger partial charge is 0.406 e. The molecule has 134 valence electrons. The number of halogens is 3. The highest BCUT2D eigenvalue weighted by molar-refractivity contribution is 6.18. The molecule has 3 aromatic rings. The number of fused-ring (bicyclic) bond motifs is 1. The Morgan fingerprint density at radius 1 is 1.12 bits per heavy atom. The lowest BCUT2D eigenvalue weighted by atomic mass is 10.1. The molecule has 3 rings (SSSR count). The highest BCUT2D eigenvalue weighted by Gasteiger charge is 2.30. The van der Waals surface area contributed by atoms with Gasteiger partial charge in [0.05, 0.1) is 0 Å². The molecule has 0 aliphatic carbocycles. The first-order valence-corrected chi connectivity index (χ1v) is 7.65. The van der Waals surface area contributed by atoms with Crippen molar-refractivity contribution in [1.29, 1.82) is 0 Å². The van der Waals surface area contributed by atoms with Gasteiger partial charge in [0.1, 0.15) is 5.75 Å². The van der Waals surface area contributed by atoms with E-state index in [0.29, 0.717) is 12.1 Å². The topological polar surface area (TPSA) is 57.2 Å². The second-order valence-electron chi connectivity index (χ2n) is 5.75. The Labute approximate surface area is 147 Å². The molecule has 7 heteroatoms. The summed E-state index contributed by atoms with van der Waals surface area (Å²) in [5, 5.41) is 0.905. The third-order valence-electron chi connectivity index (χ3n) is 3.93. The predicted molar refractivity (Wildman–Crippen MR) is 92.4 cm³/mol. The zero-order chi connectivity index (χ0) is 18.9. The summed E-state index contributed by atoms with van der Waals surface area (Å²) in [5.74, 6) is -0.835. The number of rotatable bonds is 5. The van der Waals surface area contributed by atoms with Crippen molar-refractivity contribution in [3.63, 3.8) is 0 Å². The van der Waals surface area contributed by atoms with Gasteiger partial charge in [-0.2, -0.15) is 0 Å². The lowest BCUT2D eigenvalue weighted by molar-refractivity contribution is -0.274. The van der Waals surface area contributed by atoms with Crippen LogP contribution in [0.25, 0.3) is 16.5 Å². The zero-order valence-electron chi connectivity index (χ0n) is 13.6.